The molecule has 136 valence electrons. The van der Waals surface area contributed by atoms with E-state index in [-0.39, 0.29) is 12.1 Å². The number of nitrogens with zero attached hydrogens (tertiary/aromatic N) is 3. The van der Waals surface area contributed by atoms with E-state index in [0.29, 0.717) is 18.1 Å². The molecule has 3 aromatic rings. The Kier molecular flexibility index (Phi) is 5.71. The monoisotopic (exact) mass is 370 g/mol. The van der Waals surface area contributed by atoms with Crippen LogP contribution >= 0.6 is 11.6 Å². The van der Waals surface area contributed by atoms with Crippen LogP contribution in [0.5, 0.6) is 0 Å². The SMILES string of the molecule is CC(C)(CO)NCc1nn(Cc2ccccc2Cl)nc1-c1ccccc1. The molecule has 0 bridgehead atoms. The highest BCUT2D eigenvalue weighted by Crippen LogP contribution is 2.22. The molecule has 0 aliphatic heterocycles. The van der Waals surface area contributed by atoms with E-state index in [1.165, 1.54) is 0 Å². The average Bonchev–Trinajstić information content (AvgIpc) is 3.06. The highest BCUT2D eigenvalue weighted by Gasteiger charge is 2.19. The zero-order chi connectivity index (χ0) is 18.6. The number of nitrogens with one attached hydrogen (secondary N) is 1. The van der Waals surface area contributed by atoms with Crippen LogP contribution in [0, 0.1) is 0 Å². The molecule has 0 saturated heterocycles. The molecule has 0 aliphatic carbocycles. The van der Waals surface area contributed by atoms with E-state index in [1.807, 2.05) is 68.4 Å². The molecule has 0 radical (unpaired) electrons. The third kappa shape index (κ3) is 4.49. The number of hydrogen-bond acceptors (Lipinski definition) is 4. The molecule has 26 heavy (non-hydrogen) atoms. The Morgan fingerprint density at radius 2 is 1.73 bits per heavy atom. The Morgan fingerprint density at radius 1 is 1.04 bits per heavy atom. The van der Waals surface area contributed by atoms with Gasteiger partial charge < -0.3 is 10.4 Å². The van der Waals surface area contributed by atoms with Crippen LogP contribution in [0.2, 0.25) is 5.02 Å². The summed E-state index contributed by atoms with van der Waals surface area (Å²) < 4.78 is 0. The molecular weight excluding hydrogens is 348 g/mol. The maximum absolute atomic E-state index is 9.47. The molecule has 0 fully saturated rings. The molecule has 0 aliphatic rings. The van der Waals surface area contributed by atoms with Gasteiger partial charge in [0, 0.05) is 22.7 Å². The van der Waals surface area contributed by atoms with E-state index in [4.69, 9.17) is 11.6 Å². The van der Waals surface area contributed by atoms with Gasteiger partial charge in [-0.2, -0.15) is 15.0 Å². The second kappa shape index (κ2) is 7.99. The van der Waals surface area contributed by atoms with E-state index in [0.717, 1.165) is 22.5 Å². The fourth-order valence-electron chi connectivity index (χ4n) is 2.55. The second-order valence-corrected chi connectivity index (χ2v) is 7.29. The predicted octanol–water partition coefficient (Wildman–Crippen LogP) is 3.51. The minimum absolute atomic E-state index is 0.0431. The quantitative estimate of drug-likeness (QED) is 0.668. The molecule has 3 rings (SSSR count). The second-order valence-electron chi connectivity index (χ2n) is 6.88. The van der Waals surface area contributed by atoms with Gasteiger partial charge in [0.25, 0.3) is 0 Å². The lowest BCUT2D eigenvalue weighted by Gasteiger charge is -2.23. The van der Waals surface area contributed by atoms with Gasteiger partial charge in [-0.05, 0) is 25.5 Å². The van der Waals surface area contributed by atoms with Crippen LogP contribution in [0.25, 0.3) is 11.3 Å². The summed E-state index contributed by atoms with van der Waals surface area (Å²) in [4.78, 5) is 1.67. The van der Waals surface area contributed by atoms with Gasteiger partial charge in [0.05, 0.1) is 13.2 Å². The van der Waals surface area contributed by atoms with Gasteiger partial charge in [-0.15, -0.1) is 0 Å². The fraction of sp³-hybridized carbons (Fsp3) is 0.300. The number of hydrogen-bond donors (Lipinski definition) is 2. The zero-order valence-corrected chi connectivity index (χ0v) is 15.7. The first-order chi connectivity index (χ1) is 12.5. The molecule has 0 spiro atoms. The van der Waals surface area contributed by atoms with E-state index >= 15 is 0 Å². The summed E-state index contributed by atoms with van der Waals surface area (Å²) >= 11 is 6.27. The Bertz CT molecular complexity index is 861. The Morgan fingerprint density at radius 3 is 2.42 bits per heavy atom. The minimum Gasteiger partial charge on any atom is -0.394 e. The van der Waals surface area contributed by atoms with Crippen molar-refractivity contribution < 1.29 is 5.11 Å². The van der Waals surface area contributed by atoms with Gasteiger partial charge in [-0.25, -0.2) is 0 Å². The lowest BCUT2D eigenvalue weighted by atomic mass is 10.1. The topological polar surface area (TPSA) is 63.0 Å². The van der Waals surface area contributed by atoms with Crippen LogP contribution in [0.1, 0.15) is 25.1 Å². The molecule has 6 heteroatoms. The lowest BCUT2D eigenvalue weighted by molar-refractivity contribution is 0.187. The van der Waals surface area contributed by atoms with Gasteiger partial charge in [0.15, 0.2) is 0 Å². The molecule has 1 heterocycles. The van der Waals surface area contributed by atoms with E-state index in [9.17, 15) is 5.11 Å². The largest absolute Gasteiger partial charge is 0.394 e. The first-order valence-corrected chi connectivity index (χ1v) is 8.95. The number of benzene rings is 2. The summed E-state index contributed by atoms with van der Waals surface area (Å²) in [7, 11) is 0. The number of halogens is 1. The van der Waals surface area contributed by atoms with Gasteiger partial charge in [-0.1, -0.05) is 60.1 Å². The van der Waals surface area contributed by atoms with Crippen LogP contribution in [-0.4, -0.2) is 32.2 Å². The summed E-state index contributed by atoms with van der Waals surface area (Å²) in [6.07, 6.45) is 0. The maximum atomic E-state index is 9.47. The minimum atomic E-state index is -0.388. The van der Waals surface area contributed by atoms with Crippen molar-refractivity contribution in [2.75, 3.05) is 6.61 Å². The van der Waals surface area contributed by atoms with Crippen molar-refractivity contribution >= 4 is 11.6 Å². The van der Waals surface area contributed by atoms with Crippen molar-refractivity contribution in [1.29, 1.82) is 0 Å². The fourth-order valence-corrected chi connectivity index (χ4v) is 2.75. The lowest BCUT2D eigenvalue weighted by Crippen LogP contribution is -2.42. The van der Waals surface area contributed by atoms with Crippen molar-refractivity contribution in [1.82, 2.24) is 20.3 Å². The molecule has 0 atom stereocenters. The molecular formula is C20H23ClN4O. The van der Waals surface area contributed by atoms with E-state index in [1.54, 1.807) is 4.80 Å². The van der Waals surface area contributed by atoms with E-state index < -0.39 is 0 Å². The number of aliphatic hydroxyl groups is 1. The maximum Gasteiger partial charge on any atom is 0.117 e. The van der Waals surface area contributed by atoms with Crippen LogP contribution in [0.3, 0.4) is 0 Å². The van der Waals surface area contributed by atoms with Crippen LogP contribution in [0.4, 0.5) is 0 Å². The summed E-state index contributed by atoms with van der Waals surface area (Å²) in [6, 6.07) is 17.7. The third-order valence-electron chi connectivity index (χ3n) is 4.17. The van der Waals surface area contributed by atoms with Crippen molar-refractivity contribution in [3.05, 3.63) is 70.9 Å². The van der Waals surface area contributed by atoms with Crippen LogP contribution < -0.4 is 5.32 Å². The smallest absolute Gasteiger partial charge is 0.117 e. The first kappa shape index (κ1) is 18.6. The first-order valence-electron chi connectivity index (χ1n) is 8.57. The number of rotatable bonds is 7. The van der Waals surface area contributed by atoms with Gasteiger partial charge in [0.1, 0.15) is 11.4 Å². The predicted molar refractivity (Wildman–Crippen MR) is 104 cm³/mol. The van der Waals surface area contributed by atoms with Gasteiger partial charge in [0.2, 0.25) is 0 Å². The molecule has 0 amide bonds. The summed E-state index contributed by atoms with van der Waals surface area (Å²) in [5.41, 5.74) is 3.26. The molecule has 2 N–H and O–H groups in total. The van der Waals surface area contributed by atoms with Crippen molar-refractivity contribution in [2.45, 2.75) is 32.5 Å². The summed E-state index contributed by atoms with van der Waals surface area (Å²) in [5, 5.41) is 22.9. The molecule has 0 saturated carbocycles. The third-order valence-corrected chi connectivity index (χ3v) is 4.54. The zero-order valence-electron chi connectivity index (χ0n) is 15.0. The highest BCUT2D eigenvalue weighted by atomic mass is 35.5. The Balaban J connectivity index is 1.91. The van der Waals surface area contributed by atoms with E-state index in [2.05, 4.69) is 15.5 Å². The molecule has 1 aromatic heterocycles. The molecule has 5 nitrogen and oxygen atoms in total. The van der Waals surface area contributed by atoms with Gasteiger partial charge in [-0.3, -0.25) is 0 Å². The van der Waals surface area contributed by atoms with Crippen molar-refractivity contribution in [3.63, 3.8) is 0 Å². The standard InChI is InChI=1S/C20H23ClN4O/c1-20(2,14-26)22-12-18-19(15-8-4-3-5-9-15)24-25(23-18)13-16-10-6-7-11-17(16)21/h3-11,22,26H,12-14H2,1-2H3. The van der Waals surface area contributed by atoms with Crippen LogP contribution in [-0.2, 0) is 13.1 Å². The Hall–Kier alpha value is -2.21. The number of aliphatic hydroxyl groups excluding tert-OH is 1. The number of aromatic nitrogens is 3. The van der Waals surface area contributed by atoms with Crippen molar-refractivity contribution in [3.8, 4) is 11.3 Å². The normalized spacial score (nSPS) is 11.7. The highest BCUT2D eigenvalue weighted by molar-refractivity contribution is 6.31. The Labute approximate surface area is 158 Å². The average molecular weight is 371 g/mol. The van der Waals surface area contributed by atoms with Crippen LogP contribution in [0.15, 0.2) is 54.6 Å². The summed E-state index contributed by atoms with van der Waals surface area (Å²) in [5.74, 6) is 0. The molecule has 0 unspecified atom stereocenters. The summed E-state index contributed by atoms with van der Waals surface area (Å²) in [6.45, 7) is 4.96. The molecule has 2 aromatic carbocycles. The van der Waals surface area contributed by atoms with Crippen molar-refractivity contribution in [2.24, 2.45) is 0 Å². The van der Waals surface area contributed by atoms with Gasteiger partial charge >= 0.3 is 0 Å².